The molecule has 4 aromatic rings. The molecule has 0 saturated heterocycles. The maximum absolute atomic E-state index is 2.41. The van der Waals surface area contributed by atoms with E-state index in [0.717, 1.165) is 12.8 Å². The van der Waals surface area contributed by atoms with Crippen molar-refractivity contribution in [2.24, 2.45) is 0 Å². The zero-order valence-corrected chi connectivity index (χ0v) is 22.5. The monoisotopic (exact) mass is 512 g/mol. The fourth-order valence-electron chi connectivity index (χ4n) is 5.70. The van der Waals surface area contributed by atoms with E-state index in [0.29, 0.717) is 0 Å². The van der Waals surface area contributed by atoms with Crippen LogP contribution < -0.4 is 0 Å². The molecule has 37 heavy (non-hydrogen) atoms. The van der Waals surface area contributed by atoms with Crippen LogP contribution in [0.2, 0.25) is 0 Å². The maximum Gasteiger partial charge on any atom is -1.00 e. The van der Waals surface area contributed by atoms with Gasteiger partial charge in [0.05, 0.1) is 0 Å². The van der Waals surface area contributed by atoms with E-state index in [4.69, 9.17) is 0 Å². The first-order chi connectivity index (χ1) is 18.4. The Kier molecular flexibility index (Phi) is 7.31. The van der Waals surface area contributed by atoms with Crippen LogP contribution in [0.4, 0.5) is 0 Å². The van der Waals surface area contributed by atoms with Crippen LogP contribution in [0, 0.1) is 0 Å². The third kappa shape index (κ3) is 5.19. The van der Waals surface area contributed by atoms with Crippen LogP contribution in [-0.4, -0.2) is 0 Å². The number of rotatable bonds is 8. The fourth-order valence-corrected chi connectivity index (χ4v) is 8.12. The molecule has 4 aromatic carbocycles. The maximum atomic E-state index is 2.41. The average Bonchev–Trinajstić information content (AvgIpc) is 3.62. The quantitative estimate of drug-likeness (QED) is 0.206. The summed E-state index contributed by atoms with van der Waals surface area (Å²) in [7, 11) is 0. The summed E-state index contributed by atoms with van der Waals surface area (Å²) in [5.74, 6) is 0.578. The van der Waals surface area contributed by atoms with Crippen molar-refractivity contribution in [2.75, 3.05) is 0 Å². The molecule has 0 saturated carbocycles. The van der Waals surface area contributed by atoms with Gasteiger partial charge < -0.3 is 2.85 Å². The first kappa shape index (κ1) is 23.9. The van der Waals surface area contributed by atoms with Crippen LogP contribution in [0.5, 0.6) is 0 Å². The molecule has 0 heterocycles. The Hall–Kier alpha value is -3.45. The van der Waals surface area contributed by atoms with E-state index in [9.17, 15) is 0 Å². The average molecular weight is 513 g/mol. The Bertz CT molecular complexity index is 1280. The third-order valence-corrected chi connectivity index (χ3v) is 9.87. The fraction of sp³-hybridized carbons (Fsp3) is 0.111. The van der Waals surface area contributed by atoms with Crippen LogP contribution in [-0.2, 0) is 19.2 Å². The van der Waals surface area contributed by atoms with E-state index in [-0.39, 0.29) is 14.7 Å². The van der Waals surface area contributed by atoms with Crippen LogP contribution >= 0.6 is 0 Å². The first-order valence-electron chi connectivity index (χ1n) is 13.1. The molecule has 0 aliphatic heterocycles. The number of hydrogen-bond donors (Lipinski definition) is 0. The summed E-state index contributed by atoms with van der Waals surface area (Å²) < 4.78 is 3.35. The molecule has 2 aliphatic carbocycles. The largest absolute Gasteiger partial charge is 1.00 e. The Morgan fingerprint density at radius 2 is 0.730 bits per heavy atom. The summed E-state index contributed by atoms with van der Waals surface area (Å²) in [4.78, 5) is 0. The van der Waals surface area contributed by atoms with E-state index in [1.807, 2.05) is 0 Å². The van der Waals surface area contributed by atoms with Crippen molar-refractivity contribution >= 4 is 0 Å². The topological polar surface area (TPSA) is 0 Å². The van der Waals surface area contributed by atoms with Crippen molar-refractivity contribution in [3.8, 4) is 0 Å². The van der Waals surface area contributed by atoms with Gasteiger partial charge in [-0.05, 0) is 0 Å². The number of allylic oxidation sites excluding steroid dienone is 8. The van der Waals surface area contributed by atoms with Gasteiger partial charge >= 0.3 is 231 Å². The Morgan fingerprint density at radius 1 is 0.432 bits per heavy atom. The summed E-state index contributed by atoms with van der Waals surface area (Å²) in [5, 5.41) is 0. The molecule has 0 fully saturated rings. The summed E-state index contributed by atoms with van der Waals surface area (Å²) in [6, 6.07) is 44.2. The summed E-state index contributed by atoms with van der Waals surface area (Å²) in [6.45, 7) is 0. The molecule has 0 atom stereocenters. The molecular formula is C36H32Ti. The van der Waals surface area contributed by atoms with Gasteiger partial charge in [-0.3, -0.25) is 0 Å². The molecule has 6 rings (SSSR count). The molecule has 0 amide bonds. The normalized spacial score (nSPS) is 14.8. The molecule has 180 valence electrons. The number of hydrogen-bond acceptors (Lipinski definition) is 0. The van der Waals surface area contributed by atoms with E-state index in [1.54, 1.807) is 7.76 Å². The molecule has 0 N–H and O–H groups in total. The summed E-state index contributed by atoms with van der Waals surface area (Å²) >= 11 is -0.439. The van der Waals surface area contributed by atoms with Crippen molar-refractivity contribution in [3.05, 3.63) is 187 Å². The zero-order valence-electron chi connectivity index (χ0n) is 22.9. The van der Waals surface area contributed by atoms with Crippen molar-refractivity contribution in [1.29, 1.82) is 0 Å². The second-order valence-electron chi connectivity index (χ2n) is 9.71. The number of benzene rings is 4. The van der Waals surface area contributed by atoms with E-state index in [2.05, 4.69) is 146 Å². The summed E-state index contributed by atoms with van der Waals surface area (Å²) in [6.07, 6.45) is 11.8. The molecule has 0 bridgehead atoms. The first-order valence-corrected chi connectivity index (χ1v) is 14.7. The van der Waals surface area contributed by atoms with Gasteiger partial charge in [-0.2, -0.15) is 0 Å². The van der Waals surface area contributed by atoms with E-state index < -0.39 is 19.2 Å². The Balaban J connectivity index is 0.00000176. The van der Waals surface area contributed by atoms with Gasteiger partial charge in [-0.1, -0.05) is 0 Å². The van der Waals surface area contributed by atoms with Crippen molar-refractivity contribution in [1.82, 2.24) is 0 Å². The minimum absolute atomic E-state index is 0. The molecule has 0 aromatic heterocycles. The van der Waals surface area contributed by atoms with Gasteiger partial charge in [0.15, 0.2) is 0 Å². The smallest absolute Gasteiger partial charge is 1.00 e. The van der Waals surface area contributed by atoms with Crippen LogP contribution in [0.15, 0.2) is 165 Å². The van der Waals surface area contributed by atoms with Gasteiger partial charge in [-0.15, -0.1) is 0 Å². The van der Waals surface area contributed by atoms with Gasteiger partial charge in [-0.25, -0.2) is 0 Å². The predicted octanol–water partition coefficient (Wildman–Crippen LogP) is 9.39. The minimum Gasteiger partial charge on any atom is -1.00 e. The second kappa shape index (κ2) is 11.3. The molecule has 0 nitrogen and oxygen atoms in total. The van der Waals surface area contributed by atoms with Gasteiger partial charge in [0.2, 0.25) is 0 Å². The van der Waals surface area contributed by atoms with Crippen molar-refractivity contribution in [3.63, 3.8) is 0 Å². The molecular weight excluding hydrogens is 480 g/mol. The predicted molar refractivity (Wildman–Crippen MR) is 153 cm³/mol. The molecule has 2 aliphatic rings. The van der Waals surface area contributed by atoms with Crippen LogP contribution in [0.1, 0.15) is 49.8 Å². The van der Waals surface area contributed by atoms with Gasteiger partial charge in [0.25, 0.3) is 0 Å². The van der Waals surface area contributed by atoms with Crippen molar-refractivity contribution in [2.45, 2.75) is 24.7 Å². The Morgan fingerprint density at radius 3 is 1.03 bits per heavy atom. The SMILES string of the molecule is C1=CC(C(c2ccccc2)c2ccccc2)=[C]([Ti+2][C]2=C(C(c3ccccc3)c3ccccc3)C=CC2)C1.[H-].[H-]. The third-order valence-electron chi connectivity index (χ3n) is 7.39. The standard InChI is InChI=1S/2C18H15.Ti.2H/c2*1-3-9-15(10-4-1)18(17-13-7-8-14-17)16-11-5-2-6-12-16;;;/h2*1-7,9-13,18H,8H2;;;/q;;+2;2*-1. The zero-order chi connectivity index (χ0) is 24.9. The van der Waals surface area contributed by atoms with Crippen LogP contribution in [0.25, 0.3) is 0 Å². The second-order valence-corrected chi connectivity index (χ2v) is 12.0. The molecule has 0 radical (unpaired) electrons. The van der Waals surface area contributed by atoms with E-state index in [1.165, 1.54) is 33.4 Å². The van der Waals surface area contributed by atoms with Crippen molar-refractivity contribution < 1.29 is 22.0 Å². The van der Waals surface area contributed by atoms with E-state index >= 15 is 0 Å². The minimum atomic E-state index is -0.439. The van der Waals surface area contributed by atoms with Crippen LogP contribution in [0.3, 0.4) is 0 Å². The summed E-state index contributed by atoms with van der Waals surface area (Å²) in [5.41, 5.74) is 8.56. The molecule has 0 spiro atoms. The Labute approximate surface area is 232 Å². The molecule has 0 unspecified atom stereocenters. The van der Waals surface area contributed by atoms with Gasteiger partial charge in [0.1, 0.15) is 0 Å². The molecule has 1 heteroatoms. The van der Waals surface area contributed by atoms with Gasteiger partial charge in [0, 0.05) is 0 Å².